The molecule has 1 atom stereocenters. The maximum Gasteiger partial charge on any atom is 0.326 e. The Balaban J connectivity index is 1.54. The average Bonchev–Trinajstić information content (AvgIpc) is 2.74. The van der Waals surface area contributed by atoms with Crippen molar-refractivity contribution >= 4 is 23.4 Å². The first-order valence-corrected chi connectivity index (χ1v) is 9.25. The second-order valence-electron chi connectivity index (χ2n) is 6.78. The maximum atomic E-state index is 12.5. The number of carboxylic acid groups (broad SMARTS) is 1. The largest absolute Gasteiger partial charge is 0.480 e. The number of hydrogen-bond acceptors (Lipinski definition) is 5. The molecule has 9 heteroatoms. The van der Waals surface area contributed by atoms with Gasteiger partial charge in [0.1, 0.15) is 6.04 Å². The van der Waals surface area contributed by atoms with Gasteiger partial charge in [-0.1, -0.05) is 30.3 Å². The van der Waals surface area contributed by atoms with Gasteiger partial charge in [-0.2, -0.15) is 0 Å². The molecule has 2 N–H and O–H groups in total. The predicted octanol–water partition coefficient (Wildman–Crippen LogP) is 2.12. The van der Waals surface area contributed by atoms with Crippen molar-refractivity contribution in [1.29, 1.82) is 0 Å². The number of non-ortho nitro benzene ring substituents is 1. The molecule has 1 heterocycles. The van der Waals surface area contributed by atoms with E-state index in [4.69, 9.17) is 0 Å². The fraction of sp³-hybridized carbons (Fsp3) is 0.300. The summed E-state index contributed by atoms with van der Waals surface area (Å²) in [5.41, 5.74) is 1.72. The number of hydrogen-bond donors (Lipinski definition) is 2. The number of carboxylic acids is 1. The molecule has 2 amide bonds. The Morgan fingerprint density at radius 1 is 1.03 bits per heavy atom. The maximum absolute atomic E-state index is 12.5. The lowest BCUT2D eigenvalue weighted by Crippen LogP contribution is -2.55. The third-order valence-corrected chi connectivity index (χ3v) is 4.87. The first-order valence-electron chi connectivity index (χ1n) is 9.25. The van der Waals surface area contributed by atoms with Gasteiger partial charge >= 0.3 is 12.0 Å². The SMILES string of the molecule is O=C(O)C(Cc1ccccc1)NC(=O)N1CCN(c2ccc([N+](=O)[O-])cc2)CC1. The van der Waals surface area contributed by atoms with E-state index in [2.05, 4.69) is 5.32 Å². The number of nitrogens with one attached hydrogen (secondary N) is 1. The van der Waals surface area contributed by atoms with Gasteiger partial charge < -0.3 is 20.2 Å². The molecule has 1 fully saturated rings. The Morgan fingerprint density at radius 3 is 2.21 bits per heavy atom. The van der Waals surface area contributed by atoms with Gasteiger partial charge in [-0.05, 0) is 17.7 Å². The fourth-order valence-electron chi connectivity index (χ4n) is 3.24. The Hall–Kier alpha value is -3.62. The van der Waals surface area contributed by atoms with Crippen LogP contribution in [0.25, 0.3) is 0 Å². The second kappa shape index (κ2) is 9.05. The van der Waals surface area contributed by atoms with Crippen molar-refractivity contribution in [2.75, 3.05) is 31.1 Å². The van der Waals surface area contributed by atoms with Crippen molar-refractivity contribution in [2.24, 2.45) is 0 Å². The second-order valence-corrected chi connectivity index (χ2v) is 6.78. The van der Waals surface area contributed by atoms with Gasteiger partial charge in [-0.25, -0.2) is 9.59 Å². The first kappa shape index (κ1) is 20.1. The fourth-order valence-corrected chi connectivity index (χ4v) is 3.24. The molecular formula is C20H22N4O5. The lowest BCUT2D eigenvalue weighted by Gasteiger charge is -2.36. The highest BCUT2D eigenvalue weighted by atomic mass is 16.6. The topological polar surface area (TPSA) is 116 Å². The molecule has 2 aromatic rings. The van der Waals surface area contributed by atoms with E-state index >= 15 is 0 Å². The lowest BCUT2D eigenvalue weighted by molar-refractivity contribution is -0.384. The van der Waals surface area contributed by atoms with Gasteiger partial charge in [-0.3, -0.25) is 10.1 Å². The highest BCUT2D eigenvalue weighted by molar-refractivity contribution is 5.83. The molecule has 0 spiro atoms. The molecule has 9 nitrogen and oxygen atoms in total. The molecule has 1 aliphatic rings. The Bertz CT molecular complexity index is 864. The summed E-state index contributed by atoms with van der Waals surface area (Å²) >= 11 is 0. The normalized spacial score (nSPS) is 14.9. The van der Waals surface area contributed by atoms with Crippen LogP contribution in [0.5, 0.6) is 0 Å². The number of nitro groups is 1. The average molecular weight is 398 g/mol. The number of carbonyl (C=O) groups excluding carboxylic acids is 1. The number of anilines is 1. The number of benzene rings is 2. The third-order valence-electron chi connectivity index (χ3n) is 4.87. The quantitative estimate of drug-likeness (QED) is 0.569. The van der Waals surface area contributed by atoms with Crippen molar-refractivity contribution in [2.45, 2.75) is 12.5 Å². The van der Waals surface area contributed by atoms with E-state index in [0.29, 0.717) is 26.2 Å². The van der Waals surface area contributed by atoms with Crippen LogP contribution in [0.15, 0.2) is 54.6 Å². The summed E-state index contributed by atoms with van der Waals surface area (Å²) in [6, 6.07) is 14.0. The summed E-state index contributed by atoms with van der Waals surface area (Å²) in [4.78, 5) is 38.0. The van der Waals surface area contributed by atoms with Gasteiger partial charge in [0.05, 0.1) is 4.92 Å². The number of piperazine rings is 1. The van der Waals surface area contributed by atoms with Crippen LogP contribution in [0.2, 0.25) is 0 Å². The summed E-state index contributed by atoms with van der Waals surface area (Å²) in [7, 11) is 0. The zero-order valence-corrected chi connectivity index (χ0v) is 15.7. The van der Waals surface area contributed by atoms with E-state index in [0.717, 1.165) is 11.3 Å². The molecule has 152 valence electrons. The minimum atomic E-state index is -1.08. The van der Waals surface area contributed by atoms with E-state index < -0.39 is 23.0 Å². The summed E-state index contributed by atoms with van der Waals surface area (Å²) in [5.74, 6) is -1.08. The number of rotatable bonds is 6. The summed E-state index contributed by atoms with van der Waals surface area (Å²) in [6.07, 6.45) is 0.213. The van der Waals surface area contributed by atoms with Crippen molar-refractivity contribution in [3.05, 3.63) is 70.3 Å². The highest BCUT2D eigenvalue weighted by Gasteiger charge is 2.26. The van der Waals surface area contributed by atoms with Crippen LogP contribution in [0.4, 0.5) is 16.2 Å². The molecule has 0 saturated carbocycles. The molecule has 3 rings (SSSR count). The lowest BCUT2D eigenvalue weighted by atomic mass is 10.1. The van der Waals surface area contributed by atoms with Crippen LogP contribution in [0.3, 0.4) is 0 Å². The van der Waals surface area contributed by atoms with Gasteiger partial charge in [-0.15, -0.1) is 0 Å². The van der Waals surface area contributed by atoms with Crippen LogP contribution in [0, 0.1) is 10.1 Å². The number of urea groups is 1. The molecule has 2 aromatic carbocycles. The van der Waals surface area contributed by atoms with Crippen molar-refractivity contribution in [1.82, 2.24) is 10.2 Å². The molecule has 0 aliphatic carbocycles. The van der Waals surface area contributed by atoms with Crippen LogP contribution < -0.4 is 10.2 Å². The van der Waals surface area contributed by atoms with Gasteiger partial charge in [0.15, 0.2) is 0 Å². The Labute approximate surface area is 167 Å². The molecule has 1 aliphatic heterocycles. The standard InChI is InChI=1S/C20H22N4O5/c25-19(26)18(14-15-4-2-1-3-5-15)21-20(27)23-12-10-22(11-13-23)16-6-8-17(9-7-16)24(28)29/h1-9,18H,10-14H2,(H,21,27)(H,25,26). The number of aliphatic carboxylic acids is 1. The molecule has 1 unspecified atom stereocenters. The first-order chi connectivity index (χ1) is 13.9. The Kier molecular flexibility index (Phi) is 6.28. The smallest absolute Gasteiger partial charge is 0.326 e. The minimum absolute atomic E-state index is 0.0323. The summed E-state index contributed by atoms with van der Waals surface area (Å²) in [6.45, 7) is 1.98. The molecule has 1 saturated heterocycles. The van der Waals surface area contributed by atoms with E-state index in [1.807, 2.05) is 35.2 Å². The molecule has 0 bridgehead atoms. The van der Waals surface area contributed by atoms with Crippen molar-refractivity contribution in [3.8, 4) is 0 Å². The molecule has 0 aromatic heterocycles. The monoisotopic (exact) mass is 398 g/mol. The van der Waals surface area contributed by atoms with Gasteiger partial charge in [0.25, 0.3) is 5.69 Å². The van der Waals surface area contributed by atoms with Gasteiger partial charge in [0, 0.05) is 50.4 Å². The number of nitrogens with zero attached hydrogens (tertiary/aromatic N) is 3. The molecule has 29 heavy (non-hydrogen) atoms. The molecule has 0 radical (unpaired) electrons. The van der Waals surface area contributed by atoms with Crippen LogP contribution in [0.1, 0.15) is 5.56 Å². The minimum Gasteiger partial charge on any atom is -0.480 e. The molecular weight excluding hydrogens is 376 g/mol. The number of nitro benzene ring substituents is 1. The summed E-state index contributed by atoms with van der Waals surface area (Å²) < 4.78 is 0. The van der Waals surface area contributed by atoms with Crippen molar-refractivity contribution < 1.29 is 19.6 Å². The van der Waals surface area contributed by atoms with Crippen LogP contribution >= 0.6 is 0 Å². The Morgan fingerprint density at radius 2 is 1.66 bits per heavy atom. The number of amides is 2. The predicted molar refractivity (Wildman–Crippen MR) is 107 cm³/mol. The van der Waals surface area contributed by atoms with E-state index in [1.165, 1.54) is 12.1 Å². The van der Waals surface area contributed by atoms with E-state index in [-0.39, 0.29) is 12.1 Å². The van der Waals surface area contributed by atoms with Crippen LogP contribution in [-0.2, 0) is 11.2 Å². The van der Waals surface area contributed by atoms with E-state index in [1.54, 1.807) is 17.0 Å². The third kappa shape index (κ3) is 5.22. The van der Waals surface area contributed by atoms with Crippen LogP contribution in [-0.4, -0.2) is 59.2 Å². The zero-order valence-electron chi connectivity index (χ0n) is 15.7. The van der Waals surface area contributed by atoms with Crippen molar-refractivity contribution in [3.63, 3.8) is 0 Å². The zero-order chi connectivity index (χ0) is 20.8. The van der Waals surface area contributed by atoms with E-state index in [9.17, 15) is 24.8 Å². The highest BCUT2D eigenvalue weighted by Crippen LogP contribution is 2.20. The van der Waals surface area contributed by atoms with Gasteiger partial charge in [0.2, 0.25) is 0 Å². The number of carbonyl (C=O) groups is 2. The summed E-state index contributed by atoms with van der Waals surface area (Å²) in [5, 5.41) is 22.8.